The summed E-state index contributed by atoms with van der Waals surface area (Å²) in [7, 11) is 0. The largest absolute Gasteiger partial charge is 0.364 e. The maximum atomic E-state index is 11.8. The highest BCUT2D eigenvalue weighted by Gasteiger charge is 2.22. The molecule has 0 radical (unpaired) electrons. The van der Waals surface area contributed by atoms with Gasteiger partial charge >= 0.3 is 5.69 Å². The first-order chi connectivity index (χ1) is 21.2. The van der Waals surface area contributed by atoms with Crippen molar-refractivity contribution in [3.8, 4) is 0 Å². The number of aromatic nitrogens is 2. The van der Waals surface area contributed by atoms with Crippen molar-refractivity contribution in [3.63, 3.8) is 0 Å². The summed E-state index contributed by atoms with van der Waals surface area (Å²) in [5, 5.41) is 18.2. The molecule has 250 valence electrons. The van der Waals surface area contributed by atoms with Gasteiger partial charge in [0.05, 0.1) is 4.92 Å². The smallest absolute Gasteiger partial charge is 0.353 e. The van der Waals surface area contributed by atoms with Gasteiger partial charge in [-0.3, -0.25) is 10.1 Å². The van der Waals surface area contributed by atoms with Crippen molar-refractivity contribution in [2.75, 3.05) is 23.7 Å². The number of hydrogen-bond donors (Lipinski definition) is 2. The zero-order chi connectivity index (χ0) is 31.1. The number of nitrogens with zero attached hydrogens (tertiary/aromatic N) is 3. The molecule has 1 heterocycles. The number of rotatable bonds is 33. The molecular weight excluding hydrogens is 534 g/mol. The summed E-state index contributed by atoms with van der Waals surface area (Å²) in [6.07, 6.45) is 38.4. The van der Waals surface area contributed by atoms with Crippen LogP contribution in [0.1, 0.15) is 194 Å². The van der Waals surface area contributed by atoms with Crippen LogP contribution in [-0.2, 0) is 0 Å². The van der Waals surface area contributed by atoms with Crippen LogP contribution in [-0.4, -0.2) is 28.0 Å². The molecule has 1 aromatic heterocycles. The molecule has 1 rings (SSSR count). The van der Waals surface area contributed by atoms with E-state index in [1.54, 1.807) is 0 Å². The van der Waals surface area contributed by atoms with E-state index in [1.807, 2.05) is 0 Å². The molecule has 2 N–H and O–H groups in total. The van der Waals surface area contributed by atoms with Gasteiger partial charge in [-0.2, -0.15) is 0 Å². The van der Waals surface area contributed by atoms with E-state index in [2.05, 4.69) is 34.4 Å². The molecule has 0 spiro atoms. The van der Waals surface area contributed by atoms with Crippen molar-refractivity contribution < 1.29 is 4.92 Å². The summed E-state index contributed by atoms with van der Waals surface area (Å²) in [6.45, 7) is 5.95. The molecule has 0 aromatic carbocycles. The average molecular weight is 604 g/mol. The van der Waals surface area contributed by atoms with Gasteiger partial charge in [0.2, 0.25) is 11.6 Å². The van der Waals surface area contributed by atoms with Gasteiger partial charge in [-0.15, -0.1) is 0 Å². The van der Waals surface area contributed by atoms with Gasteiger partial charge in [0.25, 0.3) is 0 Å². The lowest BCUT2D eigenvalue weighted by molar-refractivity contribution is -0.383. The first-order valence-electron chi connectivity index (χ1n) is 18.7. The van der Waals surface area contributed by atoms with Crippen LogP contribution in [0.25, 0.3) is 0 Å². The Morgan fingerprint density at radius 3 is 1.00 bits per heavy atom. The summed E-state index contributed by atoms with van der Waals surface area (Å²) >= 11 is 0. The molecule has 7 nitrogen and oxygen atoms in total. The number of hydrogen-bond acceptors (Lipinski definition) is 6. The Bertz CT molecular complexity index is 709. The maximum Gasteiger partial charge on any atom is 0.353 e. The van der Waals surface area contributed by atoms with Gasteiger partial charge in [-0.05, 0) is 12.8 Å². The van der Waals surface area contributed by atoms with Crippen LogP contribution >= 0.6 is 0 Å². The normalized spacial score (nSPS) is 11.2. The van der Waals surface area contributed by atoms with Crippen molar-refractivity contribution in [1.82, 2.24) is 9.97 Å². The van der Waals surface area contributed by atoms with Gasteiger partial charge in [0.15, 0.2) is 0 Å². The quantitative estimate of drug-likeness (QED) is 0.0471. The van der Waals surface area contributed by atoms with Crippen LogP contribution in [0.4, 0.5) is 17.3 Å². The lowest BCUT2D eigenvalue weighted by Crippen LogP contribution is -2.11. The predicted octanol–water partition coefficient (Wildman–Crippen LogP) is 12.2. The molecule has 43 heavy (non-hydrogen) atoms. The van der Waals surface area contributed by atoms with Gasteiger partial charge in [0, 0.05) is 13.1 Å². The van der Waals surface area contributed by atoms with Crippen LogP contribution in [0.5, 0.6) is 0 Å². The van der Waals surface area contributed by atoms with Gasteiger partial charge < -0.3 is 10.6 Å². The molecule has 7 heteroatoms. The Morgan fingerprint density at radius 2 is 0.744 bits per heavy atom. The first kappa shape index (κ1) is 39.1. The van der Waals surface area contributed by atoms with E-state index in [9.17, 15) is 10.1 Å². The molecule has 0 bridgehead atoms. The molecule has 0 saturated carbocycles. The minimum Gasteiger partial charge on any atom is -0.364 e. The van der Waals surface area contributed by atoms with E-state index in [0.29, 0.717) is 24.7 Å². The molecule has 0 fully saturated rings. The highest BCUT2D eigenvalue weighted by molar-refractivity contribution is 5.69. The van der Waals surface area contributed by atoms with Gasteiger partial charge in [0.1, 0.15) is 6.33 Å². The van der Waals surface area contributed by atoms with Crippen molar-refractivity contribution in [1.29, 1.82) is 0 Å². The van der Waals surface area contributed by atoms with E-state index in [1.165, 1.54) is 160 Å². The third-order valence-corrected chi connectivity index (χ3v) is 8.65. The second kappa shape index (κ2) is 30.1. The van der Waals surface area contributed by atoms with Crippen molar-refractivity contribution >= 4 is 17.3 Å². The Kier molecular flexibility index (Phi) is 27.4. The second-order valence-electron chi connectivity index (χ2n) is 12.7. The Morgan fingerprint density at radius 1 is 0.488 bits per heavy atom. The van der Waals surface area contributed by atoms with E-state index in [0.717, 1.165) is 25.7 Å². The fourth-order valence-corrected chi connectivity index (χ4v) is 5.86. The van der Waals surface area contributed by atoms with Crippen LogP contribution < -0.4 is 10.6 Å². The summed E-state index contributed by atoms with van der Waals surface area (Å²) in [5.74, 6) is 0.663. The summed E-state index contributed by atoms with van der Waals surface area (Å²) in [5.41, 5.74) is -0.0294. The fraction of sp³-hybridized carbons (Fsp3) is 0.889. The van der Waals surface area contributed by atoms with Gasteiger partial charge in [-0.25, -0.2) is 9.97 Å². The summed E-state index contributed by atoms with van der Waals surface area (Å²) in [4.78, 5) is 19.8. The monoisotopic (exact) mass is 604 g/mol. The molecule has 0 amide bonds. The van der Waals surface area contributed by atoms with E-state index < -0.39 is 0 Å². The van der Waals surface area contributed by atoms with Crippen LogP contribution in [0.3, 0.4) is 0 Å². The lowest BCUT2D eigenvalue weighted by atomic mass is 10.0. The number of anilines is 2. The molecule has 0 unspecified atom stereocenters. The average Bonchev–Trinajstić information content (AvgIpc) is 3.01. The van der Waals surface area contributed by atoms with E-state index in [-0.39, 0.29) is 10.6 Å². The number of nitro groups is 1. The standard InChI is InChI=1S/C36H69N5O2/c1-3-5-7-9-11-13-15-17-19-21-23-25-27-29-31-37-35-34(41(42)43)36(40-33-39-35)38-32-30-28-26-24-22-20-18-16-14-12-10-8-6-4-2/h33H,3-32H2,1-2H3,(H2,37,38,39,40). The zero-order valence-corrected chi connectivity index (χ0v) is 28.4. The van der Waals surface area contributed by atoms with E-state index in [4.69, 9.17) is 0 Å². The lowest BCUT2D eigenvalue weighted by Gasteiger charge is -2.10. The highest BCUT2D eigenvalue weighted by atomic mass is 16.6. The van der Waals surface area contributed by atoms with Crippen LogP contribution in [0.2, 0.25) is 0 Å². The molecule has 0 saturated heterocycles. The molecule has 0 atom stereocenters. The maximum absolute atomic E-state index is 11.8. The highest BCUT2D eigenvalue weighted by Crippen LogP contribution is 2.29. The Labute approximate surface area is 265 Å². The van der Waals surface area contributed by atoms with E-state index >= 15 is 0 Å². The first-order valence-corrected chi connectivity index (χ1v) is 18.7. The minimum atomic E-state index is -0.360. The molecular formula is C36H69N5O2. The summed E-state index contributed by atoms with van der Waals surface area (Å²) < 4.78 is 0. The van der Waals surface area contributed by atoms with Crippen LogP contribution in [0, 0.1) is 10.1 Å². The Balaban J connectivity index is 2.07. The van der Waals surface area contributed by atoms with Crippen molar-refractivity contribution in [2.45, 2.75) is 194 Å². The number of unbranched alkanes of at least 4 members (excludes halogenated alkanes) is 26. The Hall–Kier alpha value is -1.92. The molecule has 0 aliphatic heterocycles. The van der Waals surface area contributed by atoms with Crippen LogP contribution in [0.15, 0.2) is 6.33 Å². The third-order valence-electron chi connectivity index (χ3n) is 8.65. The zero-order valence-electron chi connectivity index (χ0n) is 28.4. The predicted molar refractivity (Wildman–Crippen MR) is 186 cm³/mol. The molecule has 0 aliphatic carbocycles. The van der Waals surface area contributed by atoms with Crippen molar-refractivity contribution in [2.24, 2.45) is 0 Å². The third kappa shape index (κ3) is 23.2. The minimum absolute atomic E-state index is 0.0294. The SMILES string of the molecule is CCCCCCCCCCCCCCCCNc1ncnc(NCCCCCCCCCCCCCCCC)c1[N+](=O)[O-]. The fourth-order valence-electron chi connectivity index (χ4n) is 5.86. The second-order valence-corrected chi connectivity index (χ2v) is 12.7. The topological polar surface area (TPSA) is 93.0 Å². The summed E-state index contributed by atoms with van der Waals surface area (Å²) in [6, 6.07) is 0. The molecule has 1 aromatic rings. The van der Waals surface area contributed by atoms with Gasteiger partial charge in [-0.1, -0.05) is 181 Å². The molecule has 0 aliphatic rings. The van der Waals surface area contributed by atoms with Crippen molar-refractivity contribution in [3.05, 3.63) is 16.4 Å². The number of nitrogens with one attached hydrogen (secondary N) is 2.